The van der Waals surface area contributed by atoms with Crippen LogP contribution in [0.5, 0.6) is 0 Å². The van der Waals surface area contributed by atoms with Crippen LogP contribution in [0.15, 0.2) is 40.5 Å². The van der Waals surface area contributed by atoms with Crippen LogP contribution in [-0.4, -0.2) is 18.4 Å². The van der Waals surface area contributed by atoms with E-state index < -0.39 is 41.6 Å². The summed E-state index contributed by atoms with van der Waals surface area (Å²) >= 11 is -2.19. The van der Waals surface area contributed by atoms with E-state index in [4.69, 9.17) is 0 Å². The third-order valence-corrected chi connectivity index (χ3v) is 14.1. The summed E-state index contributed by atoms with van der Waals surface area (Å²) in [5.41, 5.74) is 0. The summed E-state index contributed by atoms with van der Waals surface area (Å²) in [6, 6.07) is 0. The zero-order chi connectivity index (χ0) is 10.9. The molecule has 0 N–H and O–H groups in total. The van der Waals surface area contributed by atoms with Crippen LogP contribution in [0, 0.1) is 0 Å². The molecule has 0 aromatic rings. The first kappa shape index (κ1) is 12.1. The Kier molecular flexibility index (Phi) is 3.94. The molecule has 15 heavy (non-hydrogen) atoms. The van der Waals surface area contributed by atoms with Gasteiger partial charge in [-0.15, -0.1) is 0 Å². The van der Waals surface area contributed by atoms with Gasteiger partial charge >= 0.3 is 110 Å². The molecule has 2 aliphatic rings. The molecular weight excluding hydrogens is 366 g/mol. The van der Waals surface area contributed by atoms with E-state index in [9.17, 15) is 0 Å². The van der Waals surface area contributed by atoms with E-state index in [0.29, 0.717) is 0 Å². The molecular formula is C13H20SnZr-2. The second-order valence-electron chi connectivity index (χ2n) is 5.20. The Balaban J connectivity index is 0.00000128. The van der Waals surface area contributed by atoms with Gasteiger partial charge < -0.3 is 2.85 Å². The van der Waals surface area contributed by atoms with Crippen LogP contribution in [-0.2, 0) is 23.2 Å². The predicted octanol–water partition coefficient (Wildman–Crippen LogP) is 4.23. The Hall–Kier alpha value is 0.642. The van der Waals surface area contributed by atoms with Crippen molar-refractivity contribution in [2.24, 2.45) is 0 Å². The summed E-state index contributed by atoms with van der Waals surface area (Å²) in [5, 5.41) is 0. The van der Waals surface area contributed by atoms with E-state index in [1.807, 2.05) is 6.87 Å². The van der Waals surface area contributed by atoms with Crippen molar-refractivity contribution in [3.05, 3.63) is 40.5 Å². The fourth-order valence-corrected chi connectivity index (χ4v) is 16.9. The largest absolute Gasteiger partial charge is 1.00 e. The fraction of sp³-hybridized carbons (Fsp3) is 0.385. The second-order valence-corrected chi connectivity index (χ2v) is 23.3. The Morgan fingerprint density at radius 1 is 1.20 bits per heavy atom. The van der Waals surface area contributed by atoms with Gasteiger partial charge in [0.05, 0.1) is 0 Å². The molecule has 82 valence electrons. The maximum Gasteiger partial charge on any atom is -1.00 e. The topological polar surface area (TPSA) is 0 Å². The molecule has 0 amide bonds. The van der Waals surface area contributed by atoms with Gasteiger partial charge in [0.1, 0.15) is 0 Å². The van der Waals surface area contributed by atoms with E-state index in [2.05, 4.69) is 45.2 Å². The summed E-state index contributed by atoms with van der Waals surface area (Å²) in [6.07, 6.45) is 14.3. The monoisotopic (exact) mass is 386 g/mol. The Morgan fingerprint density at radius 3 is 2.60 bits per heavy atom. The van der Waals surface area contributed by atoms with Gasteiger partial charge in [0, 0.05) is 0 Å². The van der Waals surface area contributed by atoms with E-state index in [1.165, 1.54) is 12.8 Å². The van der Waals surface area contributed by atoms with Crippen LogP contribution < -0.4 is 0 Å². The first-order chi connectivity index (χ1) is 7.07. The average Bonchev–Trinajstić information content (AvgIpc) is 2.73. The summed E-state index contributed by atoms with van der Waals surface area (Å²) in [6.45, 7) is 0. The van der Waals surface area contributed by atoms with Crippen molar-refractivity contribution >= 4 is 18.4 Å². The zero-order valence-electron chi connectivity index (χ0n) is 11.8. The maximum absolute atomic E-state index is 2.54. The zero-order valence-corrected chi connectivity index (χ0v) is 15.1. The average molecular weight is 386 g/mol. The minimum Gasteiger partial charge on any atom is -1.00 e. The van der Waals surface area contributed by atoms with Crippen LogP contribution in [0.25, 0.3) is 0 Å². The molecule has 0 bridgehead atoms. The molecule has 0 atom stereocenters. The Labute approximate surface area is 112 Å². The second kappa shape index (κ2) is 4.88. The molecule has 0 heterocycles. The van der Waals surface area contributed by atoms with Gasteiger partial charge in [-0.05, 0) is 0 Å². The molecule has 0 saturated heterocycles. The molecule has 0 radical (unpaired) electrons. The van der Waals surface area contributed by atoms with E-state index >= 15 is 0 Å². The van der Waals surface area contributed by atoms with E-state index in [0.717, 1.165) is 0 Å². The minimum atomic E-state index is -1.80. The summed E-state index contributed by atoms with van der Waals surface area (Å²) < 4.78 is 5.49. The van der Waals surface area contributed by atoms with E-state index in [-0.39, 0.29) is 2.85 Å². The smallest absolute Gasteiger partial charge is 1.00 e. The molecule has 2 aliphatic carbocycles. The maximum atomic E-state index is 2.54. The fourth-order valence-electron chi connectivity index (χ4n) is 2.06. The van der Waals surface area contributed by atoms with Crippen LogP contribution in [0.4, 0.5) is 0 Å². The van der Waals surface area contributed by atoms with Crippen LogP contribution in [0.2, 0.25) is 14.8 Å². The van der Waals surface area contributed by atoms with Crippen molar-refractivity contribution in [2.75, 3.05) is 0 Å². The van der Waals surface area contributed by atoms with Crippen molar-refractivity contribution in [1.82, 2.24) is 0 Å². The third-order valence-electron chi connectivity index (χ3n) is 2.82. The Morgan fingerprint density at radius 2 is 2.00 bits per heavy atom. The van der Waals surface area contributed by atoms with Crippen molar-refractivity contribution in [3.8, 4) is 0 Å². The van der Waals surface area contributed by atoms with Crippen LogP contribution >= 0.6 is 0 Å². The molecule has 0 spiro atoms. The molecule has 0 aromatic heterocycles. The normalized spacial score (nSPS) is 20.1. The number of rotatable bonds is 3. The quantitative estimate of drug-likeness (QED) is 0.637. The number of hydrogen-bond acceptors (Lipinski definition) is 0. The van der Waals surface area contributed by atoms with Crippen LogP contribution in [0.1, 0.15) is 15.7 Å². The SMILES string of the molecule is [CH3][Sn]([CH3])([CH3])[C]1=[C]([Zr][C]2=CC=CC2)CC=C1.[H-].[H-]. The standard InChI is InChI=1S/C5H5.C5H4.3CH3.Sn.Zr.2H/c2*1-2-4-5-3-1;;;;;;;/h1-3H,4H2;1-2H,3H2;3*1H3;;;;/q;;;;;;;2*-1. The summed E-state index contributed by atoms with van der Waals surface area (Å²) in [7, 11) is 0. The van der Waals surface area contributed by atoms with Gasteiger partial charge in [-0.25, -0.2) is 0 Å². The number of allylic oxidation sites excluding steroid dienone is 8. The predicted molar refractivity (Wildman–Crippen MR) is 68.2 cm³/mol. The molecule has 0 saturated carbocycles. The van der Waals surface area contributed by atoms with Crippen molar-refractivity contribution in [2.45, 2.75) is 27.7 Å². The summed E-state index contributed by atoms with van der Waals surface area (Å²) in [4.78, 5) is 7.63. The van der Waals surface area contributed by atoms with Gasteiger partial charge in [-0.1, -0.05) is 0 Å². The first-order valence-corrected chi connectivity index (χ1v) is 18.0. The van der Waals surface area contributed by atoms with Gasteiger partial charge in [-0.2, -0.15) is 0 Å². The van der Waals surface area contributed by atoms with Crippen LogP contribution in [0.3, 0.4) is 0 Å². The molecule has 0 aliphatic heterocycles. The molecule has 0 aromatic carbocycles. The van der Waals surface area contributed by atoms with Crippen molar-refractivity contribution < 1.29 is 26.1 Å². The molecule has 0 fully saturated rings. The van der Waals surface area contributed by atoms with Gasteiger partial charge in [-0.3, -0.25) is 0 Å². The molecule has 2 rings (SSSR count). The molecule has 0 unspecified atom stereocenters. The number of hydrogen-bond donors (Lipinski definition) is 0. The van der Waals surface area contributed by atoms with Crippen molar-refractivity contribution in [1.29, 1.82) is 0 Å². The summed E-state index contributed by atoms with van der Waals surface area (Å²) in [5.74, 6) is 0. The van der Waals surface area contributed by atoms with E-state index in [1.54, 1.807) is 3.28 Å². The minimum absolute atomic E-state index is 0. The van der Waals surface area contributed by atoms with Gasteiger partial charge in [0.15, 0.2) is 0 Å². The van der Waals surface area contributed by atoms with Gasteiger partial charge in [0.2, 0.25) is 0 Å². The van der Waals surface area contributed by atoms with Crippen molar-refractivity contribution in [3.63, 3.8) is 0 Å². The third kappa shape index (κ3) is 3.06. The van der Waals surface area contributed by atoms with Gasteiger partial charge in [0.25, 0.3) is 0 Å². The first-order valence-electron chi connectivity index (χ1n) is 5.60. The molecule has 0 nitrogen and oxygen atoms in total. The molecule has 2 heteroatoms. The Bertz CT molecular complexity index is 387.